The molecular formula is C24H30N4O9. The standard InChI is InChI=1S/C12H14N2O5.C12H16N2O4/c1-8(15)13-11(12(16)19-2)7-9-3-5-10(6-4-9)14(17)18;1-8(15)13-11(12(16)18-2)7-9-3-5-10(14-17)6-4-9/h3-6,11H,7H2,1-2H3,(H,13,15);3-6,11,14,17H,7H2,1-2H3,(H,13,15)/t2*11-/m11/s1. The van der Waals surface area contributed by atoms with Crippen LogP contribution in [0.4, 0.5) is 11.4 Å². The van der Waals surface area contributed by atoms with E-state index in [9.17, 15) is 29.3 Å². The zero-order valence-corrected chi connectivity index (χ0v) is 20.8. The van der Waals surface area contributed by atoms with E-state index in [-0.39, 0.29) is 23.9 Å². The van der Waals surface area contributed by atoms with Gasteiger partial charge < -0.3 is 20.1 Å². The minimum absolute atomic E-state index is 0.0297. The number of nitrogens with zero attached hydrogens (tertiary/aromatic N) is 1. The van der Waals surface area contributed by atoms with Gasteiger partial charge in [0.05, 0.1) is 24.8 Å². The van der Waals surface area contributed by atoms with Crippen LogP contribution in [0.3, 0.4) is 0 Å². The van der Waals surface area contributed by atoms with Gasteiger partial charge in [-0.3, -0.25) is 30.4 Å². The molecule has 0 aromatic heterocycles. The molecule has 0 aliphatic carbocycles. The van der Waals surface area contributed by atoms with Gasteiger partial charge in [0.25, 0.3) is 5.69 Å². The molecule has 0 unspecified atom stereocenters. The zero-order chi connectivity index (χ0) is 28.0. The van der Waals surface area contributed by atoms with Crippen LogP contribution in [0.1, 0.15) is 25.0 Å². The molecule has 200 valence electrons. The third-order valence-corrected chi connectivity index (χ3v) is 4.84. The Labute approximate surface area is 213 Å². The number of methoxy groups -OCH3 is 2. The summed E-state index contributed by atoms with van der Waals surface area (Å²) in [6, 6.07) is 11.1. The quantitative estimate of drug-likeness (QED) is 0.204. The van der Waals surface area contributed by atoms with Crippen LogP contribution in [0.25, 0.3) is 0 Å². The van der Waals surface area contributed by atoms with Crippen LogP contribution in [0, 0.1) is 10.1 Å². The van der Waals surface area contributed by atoms with E-state index in [1.54, 1.807) is 24.3 Å². The first-order valence-electron chi connectivity index (χ1n) is 10.9. The van der Waals surface area contributed by atoms with Crippen LogP contribution >= 0.6 is 0 Å². The Bertz CT molecular complexity index is 1070. The van der Waals surface area contributed by atoms with Crippen molar-refractivity contribution in [3.63, 3.8) is 0 Å². The second-order valence-electron chi connectivity index (χ2n) is 7.69. The number of anilines is 1. The number of nitro groups is 1. The molecular weight excluding hydrogens is 488 g/mol. The van der Waals surface area contributed by atoms with Crippen LogP contribution < -0.4 is 16.1 Å². The molecule has 2 atom stereocenters. The molecule has 2 aromatic rings. The molecule has 0 heterocycles. The molecule has 0 bridgehead atoms. The van der Waals surface area contributed by atoms with Gasteiger partial charge in [-0.2, -0.15) is 0 Å². The molecule has 0 saturated carbocycles. The Hall–Kier alpha value is -4.52. The van der Waals surface area contributed by atoms with Crippen LogP contribution in [0.2, 0.25) is 0 Å². The molecule has 2 amide bonds. The topological polar surface area (TPSA) is 186 Å². The molecule has 37 heavy (non-hydrogen) atoms. The number of non-ortho nitro benzene ring substituents is 1. The van der Waals surface area contributed by atoms with Gasteiger partial charge in [-0.05, 0) is 23.3 Å². The lowest BCUT2D eigenvalue weighted by atomic mass is 10.1. The number of esters is 2. The van der Waals surface area contributed by atoms with Gasteiger partial charge in [0.1, 0.15) is 12.1 Å². The fourth-order valence-corrected chi connectivity index (χ4v) is 3.10. The highest BCUT2D eigenvalue weighted by Gasteiger charge is 2.21. The van der Waals surface area contributed by atoms with E-state index in [2.05, 4.69) is 20.1 Å². The summed E-state index contributed by atoms with van der Waals surface area (Å²) in [4.78, 5) is 55.0. The SMILES string of the molecule is COC(=O)[C@@H](Cc1ccc(NO)cc1)NC(C)=O.COC(=O)[C@@H](Cc1ccc([N+](=O)[O-])cc1)NC(C)=O. The van der Waals surface area contributed by atoms with Gasteiger partial charge in [-0.1, -0.05) is 24.3 Å². The maximum absolute atomic E-state index is 11.5. The number of rotatable bonds is 10. The number of nitro benzene ring substituents is 1. The fraction of sp³-hybridized carbons (Fsp3) is 0.333. The van der Waals surface area contributed by atoms with Gasteiger partial charge in [0.2, 0.25) is 11.8 Å². The molecule has 0 aliphatic rings. The van der Waals surface area contributed by atoms with E-state index in [0.717, 1.165) is 5.56 Å². The predicted octanol–water partition coefficient (Wildman–Crippen LogP) is 1.52. The van der Waals surface area contributed by atoms with Crippen molar-refractivity contribution in [1.29, 1.82) is 0 Å². The Kier molecular flexibility index (Phi) is 12.8. The van der Waals surface area contributed by atoms with Crippen molar-refractivity contribution in [3.05, 3.63) is 69.8 Å². The molecule has 0 aliphatic heterocycles. The largest absolute Gasteiger partial charge is 0.467 e. The minimum Gasteiger partial charge on any atom is -0.467 e. The molecule has 0 spiro atoms. The van der Waals surface area contributed by atoms with E-state index < -0.39 is 28.9 Å². The van der Waals surface area contributed by atoms with E-state index in [0.29, 0.717) is 17.7 Å². The van der Waals surface area contributed by atoms with E-state index >= 15 is 0 Å². The van der Waals surface area contributed by atoms with E-state index in [4.69, 9.17) is 5.21 Å². The first-order valence-corrected chi connectivity index (χ1v) is 10.9. The Morgan fingerprint density at radius 1 is 0.811 bits per heavy atom. The third-order valence-electron chi connectivity index (χ3n) is 4.84. The average molecular weight is 519 g/mol. The second kappa shape index (κ2) is 15.5. The van der Waals surface area contributed by atoms with Crippen LogP contribution in [-0.2, 0) is 41.5 Å². The maximum atomic E-state index is 11.5. The van der Waals surface area contributed by atoms with Gasteiger partial charge in [-0.25, -0.2) is 9.59 Å². The summed E-state index contributed by atoms with van der Waals surface area (Å²) in [5.41, 5.74) is 4.07. The number of carbonyl (C=O) groups is 4. The van der Waals surface area contributed by atoms with Gasteiger partial charge in [-0.15, -0.1) is 0 Å². The smallest absolute Gasteiger partial charge is 0.328 e. The number of carbonyl (C=O) groups excluding carboxylic acids is 4. The second-order valence-corrected chi connectivity index (χ2v) is 7.69. The van der Waals surface area contributed by atoms with Gasteiger partial charge in [0.15, 0.2) is 0 Å². The number of nitrogens with one attached hydrogen (secondary N) is 3. The zero-order valence-electron chi connectivity index (χ0n) is 20.8. The van der Waals surface area contributed by atoms with Crippen LogP contribution in [0.5, 0.6) is 0 Å². The molecule has 4 N–H and O–H groups in total. The summed E-state index contributed by atoms with van der Waals surface area (Å²) >= 11 is 0. The summed E-state index contributed by atoms with van der Waals surface area (Å²) in [5, 5.41) is 24.2. The van der Waals surface area contributed by atoms with Crippen molar-refractivity contribution >= 4 is 35.1 Å². The monoisotopic (exact) mass is 518 g/mol. The average Bonchev–Trinajstić information content (AvgIpc) is 2.87. The molecule has 0 radical (unpaired) electrons. The minimum atomic E-state index is -0.802. The van der Waals surface area contributed by atoms with Crippen molar-refractivity contribution < 1.29 is 38.8 Å². The lowest BCUT2D eigenvalue weighted by Gasteiger charge is -2.15. The summed E-state index contributed by atoms with van der Waals surface area (Å²) in [6.07, 6.45) is 0.544. The Morgan fingerprint density at radius 2 is 1.19 bits per heavy atom. The summed E-state index contributed by atoms with van der Waals surface area (Å²) < 4.78 is 9.21. The summed E-state index contributed by atoms with van der Waals surface area (Å²) in [7, 11) is 2.50. The normalized spacial score (nSPS) is 11.5. The lowest BCUT2D eigenvalue weighted by Crippen LogP contribution is -2.41. The van der Waals surface area contributed by atoms with Crippen molar-refractivity contribution in [1.82, 2.24) is 10.6 Å². The number of ether oxygens (including phenoxy) is 2. The third kappa shape index (κ3) is 11.2. The molecule has 0 saturated heterocycles. The Morgan fingerprint density at radius 3 is 1.49 bits per heavy atom. The highest BCUT2D eigenvalue weighted by molar-refractivity contribution is 5.84. The number of amides is 2. The first kappa shape index (κ1) is 30.5. The molecule has 13 nitrogen and oxygen atoms in total. The number of hydrogen-bond donors (Lipinski definition) is 4. The Balaban J connectivity index is 0.000000371. The van der Waals surface area contributed by atoms with Crippen LogP contribution in [-0.4, -0.2) is 60.2 Å². The van der Waals surface area contributed by atoms with Crippen molar-refractivity contribution in [2.24, 2.45) is 0 Å². The molecule has 2 rings (SSSR count). The van der Waals surface area contributed by atoms with Gasteiger partial charge >= 0.3 is 11.9 Å². The van der Waals surface area contributed by atoms with Gasteiger partial charge in [0, 0.05) is 38.8 Å². The molecule has 13 heteroatoms. The maximum Gasteiger partial charge on any atom is 0.328 e. The van der Waals surface area contributed by atoms with Crippen molar-refractivity contribution in [2.75, 3.05) is 19.7 Å². The summed E-state index contributed by atoms with van der Waals surface area (Å²) in [5.74, 6) is -1.69. The summed E-state index contributed by atoms with van der Waals surface area (Å²) in [6.45, 7) is 2.64. The lowest BCUT2D eigenvalue weighted by molar-refractivity contribution is -0.384. The van der Waals surface area contributed by atoms with E-state index in [1.165, 1.54) is 52.3 Å². The first-order chi connectivity index (χ1) is 17.5. The fourth-order valence-electron chi connectivity index (χ4n) is 3.10. The highest BCUT2D eigenvalue weighted by Crippen LogP contribution is 2.14. The van der Waals surface area contributed by atoms with Crippen molar-refractivity contribution in [2.45, 2.75) is 38.8 Å². The van der Waals surface area contributed by atoms with Crippen LogP contribution in [0.15, 0.2) is 48.5 Å². The van der Waals surface area contributed by atoms with E-state index in [1.807, 2.05) is 5.48 Å². The number of hydrogen-bond acceptors (Lipinski definition) is 10. The highest BCUT2D eigenvalue weighted by atomic mass is 16.6. The number of benzene rings is 2. The molecule has 0 fully saturated rings. The van der Waals surface area contributed by atoms with Crippen molar-refractivity contribution in [3.8, 4) is 0 Å². The molecule has 2 aromatic carbocycles. The predicted molar refractivity (Wildman–Crippen MR) is 132 cm³/mol.